The Morgan fingerprint density at radius 2 is 1.97 bits per heavy atom. The van der Waals surface area contributed by atoms with Crippen molar-refractivity contribution in [2.75, 3.05) is 32.1 Å². The van der Waals surface area contributed by atoms with Crippen LogP contribution in [-0.2, 0) is 6.54 Å². The summed E-state index contributed by atoms with van der Waals surface area (Å²) in [5.74, 6) is 1.23. The van der Waals surface area contributed by atoms with Crippen molar-refractivity contribution >= 4 is 47.7 Å². The highest BCUT2D eigenvalue weighted by atomic mass is 35.5. The fourth-order valence-electron chi connectivity index (χ4n) is 3.02. The molecule has 2 aromatic rings. The van der Waals surface area contributed by atoms with Gasteiger partial charge in [0.05, 0.1) is 18.6 Å². The quantitative estimate of drug-likeness (QED) is 0.224. The molecule has 164 valence electrons. The minimum absolute atomic E-state index is 0. The number of ether oxygens (including phenoxy) is 1. The van der Waals surface area contributed by atoms with Crippen molar-refractivity contribution in [3.05, 3.63) is 46.2 Å². The van der Waals surface area contributed by atoms with Crippen molar-refractivity contribution in [2.24, 2.45) is 0 Å². The summed E-state index contributed by atoms with van der Waals surface area (Å²) in [5.41, 5.74) is 1.93. The Morgan fingerprint density at radius 3 is 2.59 bits per heavy atom. The van der Waals surface area contributed by atoms with E-state index in [1.54, 1.807) is 18.4 Å². The molecule has 8 heteroatoms. The third-order valence-electron chi connectivity index (χ3n) is 4.46. The molecule has 0 aliphatic rings. The van der Waals surface area contributed by atoms with Crippen LogP contribution in [0.1, 0.15) is 43.0 Å². The lowest BCUT2D eigenvalue weighted by Crippen LogP contribution is -2.28. The first-order chi connectivity index (χ1) is 13.2. The Kier molecular flexibility index (Phi) is 14.8. The number of benzene rings is 1. The number of hydrogen-bond acceptors (Lipinski definition) is 5. The largest absolute Gasteiger partial charge is 0.496 e. The van der Waals surface area contributed by atoms with Gasteiger partial charge in [0.15, 0.2) is 0 Å². The minimum atomic E-state index is 0. The molecule has 0 spiro atoms. The normalized spacial score (nSPS) is 10.2. The standard InChI is InChI=1S/C21H31N3O2S.2ClH/c1-3-4-5-6-11-24(12-13-25)16-17-15-18(9-10-19(17)26-2)23-21(22)20-8-7-14-27-20;;/h7-10,14-15,25H,3-6,11-13,16H2,1-2H3,(H2,22,23);2*1H. The van der Waals surface area contributed by atoms with E-state index in [-0.39, 0.29) is 31.4 Å². The monoisotopic (exact) mass is 461 g/mol. The second-order valence-electron chi connectivity index (χ2n) is 6.56. The van der Waals surface area contributed by atoms with Gasteiger partial charge in [0, 0.05) is 24.3 Å². The Hall–Kier alpha value is -1.31. The summed E-state index contributed by atoms with van der Waals surface area (Å²) >= 11 is 1.54. The molecule has 0 saturated heterocycles. The van der Waals surface area contributed by atoms with Crippen molar-refractivity contribution < 1.29 is 9.84 Å². The first-order valence-corrected chi connectivity index (χ1v) is 10.5. The molecule has 0 radical (unpaired) electrons. The number of anilines is 1. The summed E-state index contributed by atoms with van der Waals surface area (Å²) in [5, 5.41) is 22.8. The van der Waals surface area contributed by atoms with Gasteiger partial charge in [0.25, 0.3) is 0 Å². The van der Waals surface area contributed by atoms with Gasteiger partial charge >= 0.3 is 0 Å². The predicted molar refractivity (Wildman–Crippen MR) is 129 cm³/mol. The molecular weight excluding hydrogens is 429 g/mol. The molecule has 3 N–H and O–H groups in total. The van der Waals surface area contributed by atoms with E-state index in [4.69, 9.17) is 10.1 Å². The zero-order valence-corrected chi connectivity index (χ0v) is 19.6. The SMILES string of the molecule is CCCCCCN(CCO)Cc1cc(NC(=N)c2cccs2)ccc1OC.Cl.Cl. The van der Waals surface area contributed by atoms with Gasteiger partial charge in [-0.2, -0.15) is 0 Å². The summed E-state index contributed by atoms with van der Waals surface area (Å²) in [4.78, 5) is 3.17. The summed E-state index contributed by atoms with van der Waals surface area (Å²) in [6.07, 6.45) is 4.82. The average molecular weight is 462 g/mol. The predicted octanol–water partition coefficient (Wildman–Crippen LogP) is 5.41. The van der Waals surface area contributed by atoms with Crippen LogP contribution in [0.15, 0.2) is 35.7 Å². The molecule has 0 saturated carbocycles. The molecule has 0 aliphatic heterocycles. The van der Waals surface area contributed by atoms with Gasteiger partial charge in [0.2, 0.25) is 0 Å². The first-order valence-electron chi connectivity index (χ1n) is 9.57. The van der Waals surface area contributed by atoms with Gasteiger partial charge in [-0.05, 0) is 42.6 Å². The van der Waals surface area contributed by atoms with Crippen molar-refractivity contribution in [1.29, 1.82) is 5.41 Å². The number of methoxy groups -OCH3 is 1. The molecule has 0 fully saturated rings. The van der Waals surface area contributed by atoms with Crippen LogP contribution in [-0.4, -0.2) is 42.6 Å². The van der Waals surface area contributed by atoms with E-state index >= 15 is 0 Å². The van der Waals surface area contributed by atoms with Gasteiger partial charge < -0.3 is 15.2 Å². The Balaban J connectivity index is 0.00000392. The van der Waals surface area contributed by atoms with Crippen LogP contribution >= 0.6 is 36.2 Å². The molecule has 29 heavy (non-hydrogen) atoms. The van der Waals surface area contributed by atoms with Gasteiger partial charge in [-0.1, -0.05) is 32.3 Å². The number of thiophene rings is 1. The van der Waals surface area contributed by atoms with Crippen LogP contribution in [0.4, 0.5) is 5.69 Å². The van der Waals surface area contributed by atoms with Gasteiger partial charge in [0.1, 0.15) is 11.6 Å². The summed E-state index contributed by atoms with van der Waals surface area (Å²) in [6, 6.07) is 9.79. The van der Waals surface area contributed by atoms with Gasteiger partial charge in [-0.15, -0.1) is 36.2 Å². The van der Waals surface area contributed by atoms with E-state index < -0.39 is 0 Å². The highest BCUT2D eigenvalue weighted by Gasteiger charge is 2.12. The van der Waals surface area contributed by atoms with Gasteiger partial charge in [-0.25, -0.2) is 0 Å². The maximum Gasteiger partial charge on any atom is 0.140 e. The van der Waals surface area contributed by atoms with E-state index in [1.165, 1.54) is 19.3 Å². The van der Waals surface area contributed by atoms with E-state index in [2.05, 4.69) is 17.1 Å². The molecule has 5 nitrogen and oxygen atoms in total. The second-order valence-corrected chi connectivity index (χ2v) is 7.51. The third-order valence-corrected chi connectivity index (χ3v) is 5.34. The molecule has 0 bridgehead atoms. The van der Waals surface area contributed by atoms with E-state index in [0.717, 1.165) is 41.4 Å². The fourth-order valence-corrected chi connectivity index (χ4v) is 3.65. The van der Waals surface area contributed by atoms with Crippen molar-refractivity contribution in [3.8, 4) is 5.75 Å². The molecule has 0 amide bonds. The number of halogens is 2. The molecular formula is C21H33Cl2N3O2S. The number of hydrogen-bond donors (Lipinski definition) is 3. The van der Waals surface area contributed by atoms with E-state index in [1.807, 2.05) is 35.7 Å². The average Bonchev–Trinajstić information content (AvgIpc) is 3.20. The van der Waals surface area contributed by atoms with Gasteiger partial charge in [-0.3, -0.25) is 10.3 Å². The van der Waals surface area contributed by atoms with Crippen LogP contribution in [0.5, 0.6) is 5.75 Å². The minimum Gasteiger partial charge on any atom is -0.496 e. The summed E-state index contributed by atoms with van der Waals surface area (Å²) in [6.45, 7) is 4.70. The number of rotatable bonds is 12. The van der Waals surface area contributed by atoms with Crippen LogP contribution < -0.4 is 10.1 Å². The van der Waals surface area contributed by atoms with Crippen LogP contribution in [0.2, 0.25) is 0 Å². The smallest absolute Gasteiger partial charge is 0.140 e. The third kappa shape index (κ3) is 9.36. The maximum atomic E-state index is 9.41. The van der Waals surface area contributed by atoms with E-state index in [9.17, 15) is 5.11 Å². The molecule has 0 aliphatic carbocycles. The highest BCUT2D eigenvalue weighted by molar-refractivity contribution is 7.12. The van der Waals surface area contributed by atoms with Crippen molar-refractivity contribution in [1.82, 2.24) is 4.90 Å². The summed E-state index contributed by atoms with van der Waals surface area (Å²) in [7, 11) is 1.68. The lowest BCUT2D eigenvalue weighted by molar-refractivity contribution is 0.186. The van der Waals surface area contributed by atoms with Crippen LogP contribution in [0, 0.1) is 5.41 Å². The van der Waals surface area contributed by atoms with Crippen LogP contribution in [0.3, 0.4) is 0 Å². The van der Waals surface area contributed by atoms with E-state index in [0.29, 0.717) is 12.4 Å². The molecule has 2 rings (SSSR count). The zero-order valence-electron chi connectivity index (χ0n) is 17.1. The summed E-state index contributed by atoms with van der Waals surface area (Å²) < 4.78 is 5.53. The number of unbranched alkanes of at least 4 members (excludes halogenated alkanes) is 3. The Morgan fingerprint density at radius 1 is 1.17 bits per heavy atom. The van der Waals surface area contributed by atoms with Crippen molar-refractivity contribution in [3.63, 3.8) is 0 Å². The van der Waals surface area contributed by atoms with Crippen molar-refractivity contribution in [2.45, 2.75) is 39.2 Å². The fraction of sp³-hybridized carbons (Fsp3) is 0.476. The Bertz CT molecular complexity index is 699. The molecule has 0 unspecified atom stereocenters. The first kappa shape index (κ1) is 27.7. The van der Waals surface area contributed by atoms with Crippen LogP contribution in [0.25, 0.3) is 0 Å². The zero-order chi connectivity index (χ0) is 19.5. The molecule has 1 aromatic carbocycles. The number of aliphatic hydroxyl groups is 1. The Labute approximate surface area is 190 Å². The number of aliphatic hydroxyl groups excluding tert-OH is 1. The molecule has 0 atom stereocenters. The lowest BCUT2D eigenvalue weighted by atomic mass is 10.1. The topological polar surface area (TPSA) is 68.6 Å². The lowest BCUT2D eigenvalue weighted by Gasteiger charge is -2.23. The second kappa shape index (κ2) is 15.5. The highest BCUT2D eigenvalue weighted by Crippen LogP contribution is 2.25. The number of amidine groups is 1. The molecule has 1 aromatic heterocycles. The number of nitrogens with one attached hydrogen (secondary N) is 2. The molecule has 1 heterocycles. The number of nitrogens with zero attached hydrogens (tertiary/aromatic N) is 1. The maximum absolute atomic E-state index is 9.41.